The molecule has 4 rings (SSSR count). The second-order valence-electron chi connectivity index (χ2n) is 6.54. The van der Waals surface area contributed by atoms with Gasteiger partial charge in [-0.05, 0) is 41.7 Å². The minimum Gasteiger partial charge on any atom is -0.333 e. The number of nitrogens with one attached hydrogen (secondary N) is 1. The summed E-state index contributed by atoms with van der Waals surface area (Å²) in [5.41, 5.74) is 2.37. The summed E-state index contributed by atoms with van der Waals surface area (Å²) in [5.74, 6) is 0.770. The summed E-state index contributed by atoms with van der Waals surface area (Å²) in [6.45, 7) is 2.42. The Kier molecular flexibility index (Phi) is 4.37. The molecule has 5 heteroatoms. The molecule has 3 unspecified atom stereocenters. The molecule has 1 aliphatic heterocycles. The van der Waals surface area contributed by atoms with E-state index in [9.17, 15) is 4.79 Å². The quantitative estimate of drug-likeness (QED) is 0.882. The number of carbonyl (C=O) groups excluding carboxylic acids is 1. The zero-order valence-corrected chi connectivity index (χ0v) is 14.9. The van der Waals surface area contributed by atoms with Crippen LogP contribution in [0.3, 0.4) is 0 Å². The van der Waals surface area contributed by atoms with Gasteiger partial charge in [-0.15, -0.1) is 0 Å². The van der Waals surface area contributed by atoms with Crippen LogP contribution in [0.15, 0.2) is 53.3 Å². The van der Waals surface area contributed by atoms with Crippen LogP contribution < -0.4 is 5.32 Å². The summed E-state index contributed by atoms with van der Waals surface area (Å²) < 4.78 is 1.08. The summed E-state index contributed by atoms with van der Waals surface area (Å²) in [6.07, 6.45) is 4.60. The largest absolute Gasteiger partial charge is 0.333 e. The Hall–Kier alpha value is -1.72. The zero-order valence-electron chi connectivity index (χ0n) is 13.4. The number of aromatic nitrogens is 1. The van der Waals surface area contributed by atoms with Crippen LogP contribution in [0.2, 0.25) is 0 Å². The van der Waals surface area contributed by atoms with Crippen molar-refractivity contribution in [3.8, 4) is 0 Å². The molecule has 2 fully saturated rings. The van der Waals surface area contributed by atoms with Crippen molar-refractivity contribution < 1.29 is 4.79 Å². The number of nitrogens with zero attached hydrogens (tertiary/aromatic N) is 2. The molecule has 0 radical (unpaired) electrons. The Bertz CT molecular complexity index is 736. The van der Waals surface area contributed by atoms with Gasteiger partial charge in [0.2, 0.25) is 5.91 Å². The second-order valence-corrected chi connectivity index (χ2v) is 7.46. The van der Waals surface area contributed by atoms with Crippen LogP contribution in [0.4, 0.5) is 0 Å². The molecular formula is C19H20BrN3O. The topological polar surface area (TPSA) is 45.2 Å². The number of piperazine rings is 1. The Morgan fingerprint density at radius 1 is 1.25 bits per heavy atom. The molecule has 24 heavy (non-hydrogen) atoms. The molecule has 1 amide bonds. The molecular weight excluding hydrogens is 366 g/mol. The molecule has 2 heterocycles. The van der Waals surface area contributed by atoms with Crippen LogP contribution in [0.5, 0.6) is 0 Å². The van der Waals surface area contributed by atoms with Crippen molar-refractivity contribution in [3.63, 3.8) is 0 Å². The number of benzene rings is 1. The molecule has 2 aliphatic rings. The van der Waals surface area contributed by atoms with E-state index in [-0.39, 0.29) is 17.9 Å². The fourth-order valence-electron chi connectivity index (χ4n) is 3.63. The molecule has 1 saturated carbocycles. The molecule has 124 valence electrons. The van der Waals surface area contributed by atoms with Gasteiger partial charge in [0.1, 0.15) is 0 Å². The van der Waals surface area contributed by atoms with Crippen LogP contribution >= 0.6 is 15.9 Å². The van der Waals surface area contributed by atoms with Gasteiger partial charge in [-0.25, -0.2) is 0 Å². The number of rotatable bonds is 3. The lowest BCUT2D eigenvalue weighted by Gasteiger charge is -2.36. The molecule has 1 aromatic carbocycles. The van der Waals surface area contributed by atoms with Crippen molar-refractivity contribution in [1.82, 2.24) is 15.2 Å². The minimum absolute atomic E-state index is 0.0868. The van der Waals surface area contributed by atoms with Gasteiger partial charge in [0, 0.05) is 42.4 Å². The third kappa shape index (κ3) is 3.10. The van der Waals surface area contributed by atoms with Gasteiger partial charge in [0.05, 0.1) is 6.04 Å². The van der Waals surface area contributed by atoms with Crippen LogP contribution in [0.1, 0.15) is 29.5 Å². The standard InChI is InChI=1S/C19H20BrN3O/c20-15-5-1-3-13(9-15)16-10-17(16)19(24)23-8-7-22-12-18(23)14-4-2-6-21-11-14/h1-6,9,11,16-18,22H,7-8,10,12H2. The first-order valence-electron chi connectivity index (χ1n) is 8.40. The van der Waals surface area contributed by atoms with Gasteiger partial charge in [0.25, 0.3) is 0 Å². The van der Waals surface area contributed by atoms with E-state index in [0.29, 0.717) is 5.92 Å². The Morgan fingerprint density at radius 3 is 2.92 bits per heavy atom. The predicted octanol–water partition coefficient (Wildman–Crippen LogP) is 3.12. The van der Waals surface area contributed by atoms with Gasteiger partial charge >= 0.3 is 0 Å². The Balaban J connectivity index is 1.51. The lowest BCUT2D eigenvalue weighted by Crippen LogP contribution is -2.49. The maximum absolute atomic E-state index is 13.1. The Morgan fingerprint density at radius 2 is 2.12 bits per heavy atom. The lowest BCUT2D eigenvalue weighted by molar-refractivity contribution is -0.136. The van der Waals surface area contributed by atoms with E-state index in [2.05, 4.69) is 49.3 Å². The SMILES string of the molecule is O=C(C1CC1c1cccc(Br)c1)N1CCNCC1c1cccnc1. The van der Waals surface area contributed by atoms with E-state index in [1.54, 1.807) is 6.20 Å². The highest BCUT2D eigenvalue weighted by Crippen LogP contribution is 2.49. The highest BCUT2D eigenvalue weighted by atomic mass is 79.9. The summed E-state index contributed by atoms with van der Waals surface area (Å²) >= 11 is 3.52. The van der Waals surface area contributed by atoms with Crippen LogP contribution in [0.25, 0.3) is 0 Å². The van der Waals surface area contributed by atoms with Gasteiger partial charge < -0.3 is 10.2 Å². The monoisotopic (exact) mass is 385 g/mol. The molecule has 3 atom stereocenters. The van der Waals surface area contributed by atoms with Crippen LogP contribution in [-0.4, -0.2) is 35.4 Å². The van der Waals surface area contributed by atoms with Gasteiger partial charge in [-0.2, -0.15) is 0 Å². The van der Waals surface area contributed by atoms with Crippen molar-refractivity contribution in [2.75, 3.05) is 19.6 Å². The predicted molar refractivity (Wildman–Crippen MR) is 96.6 cm³/mol. The van der Waals surface area contributed by atoms with E-state index in [0.717, 1.165) is 36.1 Å². The van der Waals surface area contributed by atoms with Crippen molar-refractivity contribution in [2.24, 2.45) is 5.92 Å². The highest BCUT2D eigenvalue weighted by molar-refractivity contribution is 9.10. The average molecular weight is 386 g/mol. The molecule has 1 N–H and O–H groups in total. The molecule has 1 aliphatic carbocycles. The second kappa shape index (κ2) is 6.65. The van der Waals surface area contributed by atoms with Gasteiger partial charge in [-0.1, -0.05) is 34.1 Å². The highest BCUT2D eigenvalue weighted by Gasteiger charge is 2.47. The van der Waals surface area contributed by atoms with Gasteiger partial charge in [0.15, 0.2) is 0 Å². The Labute approximate surface area is 150 Å². The van der Waals surface area contributed by atoms with Crippen LogP contribution in [-0.2, 0) is 4.79 Å². The normalized spacial score (nSPS) is 26.2. The van der Waals surface area contributed by atoms with Crippen molar-refractivity contribution in [3.05, 3.63) is 64.4 Å². The van der Waals surface area contributed by atoms with E-state index < -0.39 is 0 Å². The third-order valence-electron chi connectivity index (χ3n) is 4.98. The summed E-state index contributed by atoms with van der Waals surface area (Å²) in [6, 6.07) is 12.4. The fourth-order valence-corrected chi connectivity index (χ4v) is 4.04. The number of amides is 1. The summed E-state index contributed by atoms with van der Waals surface area (Å²) in [4.78, 5) is 19.3. The molecule has 0 spiro atoms. The fraction of sp³-hybridized carbons (Fsp3) is 0.368. The van der Waals surface area contributed by atoms with Crippen molar-refractivity contribution in [2.45, 2.75) is 18.4 Å². The summed E-state index contributed by atoms with van der Waals surface area (Å²) in [5, 5.41) is 3.40. The van der Waals surface area contributed by atoms with Crippen molar-refractivity contribution >= 4 is 21.8 Å². The first-order valence-corrected chi connectivity index (χ1v) is 9.20. The zero-order chi connectivity index (χ0) is 16.5. The number of hydrogen-bond acceptors (Lipinski definition) is 3. The lowest BCUT2D eigenvalue weighted by atomic mass is 10.0. The number of halogens is 1. The van der Waals surface area contributed by atoms with Crippen molar-refractivity contribution in [1.29, 1.82) is 0 Å². The molecule has 2 aromatic rings. The number of hydrogen-bond donors (Lipinski definition) is 1. The van der Waals surface area contributed by atoms with E-state index in [4.69, 9.17) is 0 Å². The van der Waals surface area contributed by atoms with E-state index in [1.165, 1.54) is 5.56 Å². The molecule has 4 nitrogen and oxygen atoms in total. The average Bonchev–Trinajstić information content (AvgIpc) is 3.43. The van der Waals surface area contributed by atoms with Crippen LogP contribution in [0, 0.1) is 5.92 Å². The minimum atomic E-state index is 0.0868. The van der Waals surface area contributed by atoms with E-state index in [1.807, 2.05) is 24.4 Å². The molecule has 0 bridgehead atoms. The third-order valence-corrected chi connectivity index (χ3v) is 5.47. The number of carbonyl (C=O) groups is 1. The smallest absolute Gasteiger partial charge is 0.226 e. The first-order chi connectivity index (χ1) is 11.7. The number of pyridine rings is 1. The van der Waals surface area contributed by atoms with E-state index >= 15 is 0 Å². The first kappa shape index (κ1) is 15.8. The van der Waals surface area contributed by atoms with Gasteiger partial charge in [-0.3, -0.25) is 9.78 Å². The maximum atomic E-state index is 13.1. The summed E-state index contributed by atoms with van der Waals surface area (Å²) in [7, 11) is 0. The molecule has 1 aromatic heterocycles. The molecule has 1 saturated heterocycles. The maximum Gasteiger partial charge on any atom is 0.226 e.